The van der Waals surface area contributed by atoms with Crippen LogP contribution in [0.5, 0.6) is 5.75 Å². The number of hydrogen-bond donors (Lipinski definition) is 0. The molecular weight excluding hydrogens is 372 g/mol. The van der Waals surface area contributed by atoms with Gasteiger partial charge >= 0.3 is 11.6 Å². The molecule has 0 amide bonds. The van der Waals surface area contributed by atoms with Gasteiger partial charge in [-0.15, -0.1) is 0 Å². The van der Waals surface area contributed by atoms with E-state index >= 15 is 0 Å². The maximum atomic E-state index is 13.3. The highest BCUT2D eigenvalue weighted by Gasteiger charge is 2.26. The fourth-order valence-electron chi connectivity index (χ4n) is 3.10. The van der Waals surface area contributed by atoms with Gasteiger partial charge in [0.25, 0.3) is 0 Å². The van der Waals surface area contributed by atoms with E-state index in [2.05, 4.69) is 0 Å². The topological polar surface area (TPSA) is 82.8 Å². The first-order chi connectivity index (χ1) is 14.0. The van der Waals surface area contributed by atoms with Crippen LogP contribution in [0.1, 0.15) is 41.8 Å². The number of aryl methyl sites for hydroxylation is 1. The Morgan fingerprint density at radius 3 is 2.45 bits per heavy atom. The third-order valence-electron chi connectivity index (χ3n) is 4.53. The lowest BCUT2D eigenvalue weighted by molar-refractivity contribution is -0.151. The quantitative estimate of drug-likeness (QED) is 0.341. The van der Waals surface area contributed by atoms with Crippen LogP contribution in [0.15, 0.2) is 57.7 Å². The fourth-order valence-corrected chi connectivity index (χ4v) is 3.10. The Bertz CT molecular complexity index is 1100. The number of ketones is 1. The van der Waals surface area contributed by atoms with Gasteiger partial charge in [-0.25, -0.2) is 9.59 Å². The summed E-state index contributed by atoms with van der Waals surface area (Å²) in [7, 11) is 0. The zero-order chi connectivity index (χ0) is 21.0. The van der Waals surface area contributed by atoms with Crippen LogP contribution in [0.3, 0.4) is 0 Å². The predicted octanol–water partition coefficient (Wildman–Crippen LogP) is 4.05. The third kappa shape index (κ3) is 4.21. The minimum Gasteiger partial charge on any atom is -0.478 e. The molecule has 150 valence electrons. The van der Waals surface area contributed by atoms with Crippen LogP contribution in [0.4, 0.5) is 0 Å². The van der Waals surface area contributed by atoms with Crippen LogP contribution in [-0.2, 0) is 9.53 Å². The van der Waals surface area contributed by atoms with E-state index in [0.29, 0.717) is 22.9 Å². The minimum absolute atomic E-state index is 0.109. The van der Waals surface area contributed by atoms with E-state index in [1.165, 1.54) is 6.07 Å². The van der Waals surface area contributed by atoms with Gasteiger partial charge in [-0.05, 0) is 38.0 Å². The molecule has 0 fully saturated rings. The van der Waals surface area contributed by atoms with E-state index in [1.807, 2.05) is 0 Å². The van der Waals surface area contributed by atoms with Crippen LogP contribution < -0.4 is 10.4 Å². The zero-order valence-corrected chi connectivity index (χ0v) is 16.6. The molecule has 6 heteroatoms. The van der Waals surface area contributed by atoms with Crippen molar-refractivity contribution in [3.63, 3.8) is 0 Å². The van der Waals surface area contributed by atoms with Crippen molar-refractivity contribution in [3.8, 4) is 5.75 Å². The Balaban J connectivity index is 2.20. The van der Waals surface area contributed by atoms with Gasteiger partial charge in [-0.2, -0.15) is 0 Å². The van der Waals surface area contributed by atoms with Gasteiger partial charge < -0.3 is 13.9 Å². The Hall–Kier alpha value is -3.41. The number of carbonyl (C=O) groups is 2. The van der Waals surface area contributed by atoms with Crippen LogP contribution in [0, 0.1) is 6.92 Å². The second-order valence-corrected chi connectivity index (χ2v) is 6.53. The molecule has 3 rings (SSSR count). The molecular formula is C23H22O6. The molecule has 0 saturated heterocycles. The van der Waals surface area contributed by atoms with Crippen molar-refractivity contribution < 1.29 is 23.5 Å². The fraction of sp³-hybridized carbons (Fsp3) is 0.261. The summed E-state index contributed by atoms with van der Waals surface area (Å²) in [6.45, 7) is 5.48. The van der Waals surface area contributed by atoms with Crippen LogP contribution in [0.2, 0.25) is 0 Å². The number of benzene rings is 2. The molecule has 29 heavy (non-hydrogen) atoms. The molecule has 0 saturated carbocycles. The number of rotatable bonds is 7. The summed E-state index contributed by atoms with van der Waals surface area (Å²) >= 11 is 0. The average molecular weight is 394 g/mol. The first-order valence-corrected chi connectivity index (χ1v) is 9.46. The summed E-state index contributed by atoms with van der Waals surface area (Å²) < 4.78 is 16.3. The molecule has 3 aromatic rings. The Morgan fingerprint density at radius 1 is 1.07 bits per heavy atom. The molecule has 0 spiro atoms. The van der Waals surface area contributed by atoms with Gasteiger partial charge in [0, 0.05) is 17.0 Å². The molecule has 1 atom stereocenters. The van der Waals surface area contributed by atoms with Gasteiger partial charge in [0.15, 0.2) is 11.7 Å². The monoisotopic (exact) mass is 394 g/mol. The molecule has 0 aliphatic rings. The lowest BCUT2D eigenvalue weighted by Gasteiger charge is -2.19. The second-order valence-electron chi connectivity index (χ2n) is 6.53. The van der Waals surface area contributed by atoms with Crippen LogP contribution >= 0.6 is 0 Å². The largest absolute Gasteiger partial charge is 0.478 e. The van der Waals surface area contributed by atoms with E-state index in [4.69, 9.17) is 13.9 Å². The molecule has 1 aromatic heterocycles. The van der Waals surface area contributed by atoms with Crippen molar-refractivity contribution in [2.75, 3.05) is 6.61 Å². The summed E-state index contributed by atoms with van der Waals surface area (Å²) in [6.07, 6.45) is -0.528. The number of ether oxygens (including phenoxy) is 2. The van der Waals surface area contributed by atoms with Crippen molar-refractivity contribution in [1.29, 1.82) is 0 Å². The average Bonchev–Trinajstić information content (AvgIpc) is 2.71. The predicted molar refractivity (Wildman–Crippen MR) is 108 cm³/mol. The molecule has 0 aliphatic carbocycles. The summed E-state index contributed by atoms with van der Waals surface area (Å²) in [5.41, 5.74) is 0.782. The van der Waals surface area contributed by atoms with Gasteiger partial charge in [0.05, 0.1) is 6.61 Å². The molecule has 2 aromatic carbocycles. The Kier molecular flexibility index (Phi) is 6.12. The Labute approximate surface area is 168 Å². The minimum atomic E-state index is -0.883. The van der Waals surface area contributed by atoms with Gasteiger partial charge in [0.2, 0.25) is 5.78 Å². The zero-order valence-electron chi connectivity index (χ0n) is 16.6. The number of fused-ring (bicyclic) bond motifs is 1. The first-order valence-electron chi connectivity index (χ1n) is 9.46. The SMILES string of the molecule is CCOC(=O)C(CC)Oc1ccc2c(C)cc(=O)oc2c1C(=O)c1ccccc1. The maximum Gasteiger partial charge on any atom is 0.347 e. The highest BCUT2D eigenvalue weighted by atomic mass is 16.6. The lowest BCUT2D eigenvalue weighted by Crippen LogP contribution is -2.29. The van der Waals surface area contributed by atoms with Crippen LogP contribution in [-0.4, -0.2) is 24.5 Å². The molecule has 0 N–H and O–H groups in total. The van der Waals surface area contributed by atoms with Gasteiger partial charge in [-0.1, -0.05) is 37.3 Å². The first kappa shape index (κ1) is 20.3. The number of esters is 1. The molecule has 1 heterocycles. The van der Waals surface area contributed by atoms with E-state index in [1.54, 1.807) is 63.2 Å². The van der Waals surface area contributed by atoms with Crippen molar-refractivity contribution in [2.45, 2.75) is 33.3 Å². The molecule has 1 unspecified atom stereocenters. The molecule has 0 radical (unpaired) electrons. The summed E-state index contributed by atoms with van der Waals surface area (Å²) in [5, 5.41) is 0.625. The summed E-state index contributed by atoms with van der Waals surface area (Å²) in [5.74, 6) is -0.711. The van der Waals surface area contributed by atoms with Crippen molar-refractivity contribution in [3.05, 3.63) is 75.6 Å². The molecule has 6 nitrogen and oxygen atoms in total. The van der Waals surface area contributed by atoms with E-state index in [-0.39, 0.29) is 29.3 Å². The van der Waals surface area contributed by atoms with Crippen molar-refractivity contribution in [1.82, 2.24) is 0 Å². The highest BCUT2D eigenvalue weighted by Crippen LogP contribution is 2.32. The second kappa shape index (κ2) is 8.73. The third-order valence-corrected chi connectivity index (χ3v) is 4.53. The van der Waals surface area contributed by atoms with Gasteiger partial charge in [0.1, 0.15) is 11.3 Å². The van der Waals surface area contributed by atoms with Crippen molar-refractivity contribution in [2.24, 2.45) is 0 Å². The smallest absolute Gasteiger partial charge is 0.347 e. The van der Waals surface area contributed by atoms with Gasteiger partial charge in [-0.3, -0.25) is 4.79 Å². The van der Waals surface area contributed by atoms with E-state index in [0.717, 1.165) is 0 Å². The number of hydrogen-bond acceptors (Lipinski definition) is 6. The van der Waals surface area contributed by atoms with E-state index in [9.17, 15) is 14.4 Å². The van der Waals surface area contributed by atoms with Crippen molar-refractivity contribution >= 4 is 22.7 Å². The maximum absolute atomic E-state index is 13.3. The van der Waals surface area contributed by atoms with Crippen LogP contribution in [0.25, 0.3) is 11.0 Å². The normalized spacial score (nSPS) is 11.8. The highest BCUT2D eigenvalue weighted by molar-refractivity contribution is 6.17. The standard InChI is InChI=1S/C23H22O6/c1-4-17(23(26)27-5-2)28-18-12-11-16-14(3)13-19(24)29-22(16)20(18)21(25)15-9-7-6-8-10-15/h6-13,17H,4-5H2,1-3H3. The summed E-state index contributed by atoms with van der Waals surface area (Å²) in [4.78, 5) is 37.5. The summed E-state index contributed by atoms with van der Waals surface area (Å²) in [6, 6.07) is 13.3. The number of carbonyl (C=O) groups excluding carboxylic acids is 2. The van der Waals surface area contributed by atoms with E-state index < -0.39 is 17.7 Å². The molecule has 0 bridgehead atoms. The lowest BCUT2D eigenvalue weighted by atomic mass is 9.98. The Morgan fingerprint density at radius 2 is 1.79 bits per heavy atom. The molecule has 0 aliphatic heterocycles.